The van der Waals surface area contributed by atoms with Gasteiger partial charge in [0.05, 0.1) is 24.0 Å². The maximum atomic E-state index is 12.4. The first-order valence-electron chi connectivity index (χ1n) is 9.66. The van der Waals surface area contributed by atoms with Gasteiger partial charge in [0, 0.05) is 6.20 Å². The van der Waals surface area contributed by atoms with Crippen molar-refractivity contribution in [1.82, 2.24) is 24.6 Å². The second-order valence-corrected chi connectivity index (χ2v) is 8.28. The van der Waals surface area contributed by atoms with Crippen LogP contribution in [0.5, 0.6) is 0 Å². The largest absolute Gasteiger partial charge is 0.323 e. The Hall–Kier alpha value is -2.42. The lowest BCUT2D eigenvalue weighted by Gasteiger charge is -2.23. The number of nitrogens with zero attached hydrogens (tertiary/aromatic N) is 5. The first-order valence-corrected chi connectivity index (χ1v) is 11.0. The molecular formula is C21H25ClN6OS. The molecule has 1 atom stereocenters. The molecule has 0 aliphatic rings. The van der Waals surface area contributed by atoms with Crippen LogP contribution in [0.25, 0.3) is 0 Å². The number of hydrogen-bond donors (Lipinski definition) is 1. The third-order valence-electron chi connectivity index (χ3n) is 4.60. The number of thioether (sulfide) groups is 1. The van der Waals surface area contributed by atoms with E-state index in [4.69, 9.17) is 11.6 Å². The summed E-state index contributed by atoms with van der Waals surface area (Å²) in [6.07, 6.45) is 2.49. The molecule has 0 saturated heterocycles. The highest BCUT2D eigenvalue weighted by atomic mass is 35.5. The molecule has 3 aromatic rings. The molecule has 1 amide bonds. The normalized spacial score (nSPS) is 12.2. The predicted octanol–water partition coefficient (Wildman–Crippen LogP) is 4.12. The summed E-state index contributed by atoms with van der Waals surface area (Å²) in [5, 5.41) is 12.6. The van der Waals surface area contributed by atoms with Crippen molar-refractivity contribution < 1.29 is 4.79 Å². The third kappa shape index (κ3) is 5.59. The number of aromatic nitrogens is 4. The first-order chi connectivity index (χ1) is 14.5. The first kappa shape index (κ1) is 22.3. The highest BCUT2D eigenvalue weighted by molar-refractivity contribution is 7.99. The van der Waals surface area contributed by atoms with E-state index in [0.29, 0.717) is 17.4 Å². The van der Waals surface area contributed by atoms with Crippen LogP contribution in [0, 0.1) is 0 Å². The second-order valence-electron chi connectivity index (χ2n) is 6.98. The van der Waals surface area contributed by atoms with E-state index in [0.717, 1.165) is 17.8 Å². The van der Waals surface area contributed by atoms with E-state index in [2.05, 4.69) is 49.0 Å². The van der Waals surface area contributed by atoms with Gasteiger partial charge in [0.2, 0.25) is 5.91 Å². The molecule has 30 heavy (non-hydrogen) atoms. The van der Waals surface area contributed by atoms with Crippen molar-refractivity contribution in [1.29, 1.82) is 0 Å². The number of carbonyl (C=O) groups is 1. The standard InChI is InChI=1S/C21H25ClN6OS/c1-4-17(27(2)3)20-25-26-21(28(20)13-15-9-6-5-7-10-15)30-14-18(29)24-16-11-8-12-23-19(16)22/h5-12,17H,4,13-14H2,1-3H3,(H,24,29)/t17-/m0/s1. The summed E-state index contributed by atoms with van der Waals surface area (Å²) in [5.41, 5.74) is 1.65. The Bertz CT molecular complexity index is 979. The minimum Gasteiger partial charge on any atom is -0.323 e. The molecule has 1 aromatic carbocycles. The number of benzene rings is 1. The summed E-state index contributed by atoms with van der Waals surface area (Å²) in [4.78, 5) is 18.5. The van der Waals surface area contributed by atoms with Gasteiger partial charge in [-0.2, -0.15) is 0 Å². The molecule has 0 fully saturated rings. The topological polar surface area (TPSA) is 75.9 Å². The highest BCUT2D eigenvalue weighted by Gasteiger charge is 2.22. The van der Waals surface area contributed by atoms with Crippen LogP contribution < -0.4 is 5.32 Å². The quantitative estimate of drug-likeness (QED) is 0.395. The maximum absolute atomic E-state index is 12.4. The lowest BCUT2D eigenvalue weighted by molar-refractivity contribution is -0.113. The number of carbonyl (C=O) groups excluding carboxylic acids is 1. The van der Waals surface area contributed by atoms with Gasteiger partial charge in [0.25, 0.3) is 0 Å². The van der Waals surface area contributed by atoms with Crippen LogP contribution in [-0.2, 0) is 11.3 Å². The van der Waals surface area contributed by atoms with Gasteiger partial charge in [0.1, 0.15) is 0 Å². The van der Waals surface area contributed by atoms with E-state index in [1.54, 1.807) is 18.3 Å². The van der Waals surface area contributed by atoms with Crippen LogP contribution in [0.3, 0.4) is 0 Å². The number of nitrogens with one attached hydrogen (secondary N) is 1. The summed E-state index contributed by atoms with van der Waals surface area (Å²) in [6.45, 7) is 2.77. The van der Waals surface area contributed by atoms with Crippen molar-refractivity contribution in [3.05, 3.63) is 65.2 Å². The van der Waals surface area contributed by atoms with Crippen LogP contribution in [0.4, 0.5) is 5.69 Å². The van der Waals surface area contributed by atoms with E-state index >= 15 is 0 Å². The van der Waals surface area contributed by atoms with Crippen molar-refractivity contribution >= 4 is 35.0 Å². The summed E-state index contributed by atoms with van der Waals surface area (Å²) >= 11 is 7.38. The molecular weight excluding hydrogens is 420 g/mol. The average molecular weight is 445 g/mol. The zero-order chi connectivity index (χ0) is 21.5. The van der Waals surface area contributed by atoms with Gasteiger partial charge in [-0.1, -0.05) is 60.6 Å². The lowest BCUT2D eigenvalue weighted by Crippen LogP contribution is -2.23. The fourth-order valence-corrected chi connectivity index (χ4v) is 4.05. The minimum absolute atomic E-state index is 0.138. The molecule has 158 valence electrons. The summed E-state index contributed by atoms with van der Waals surface area (Å²) in [5.74, 6) is 0.909. The number of rotatable bonds is 9. The van der Waals surface area contributed by atoms with Crippen LogP contribution in [-0.4, -0.2) is 50.4 Å². The van der Waals surface area contributed by atoms with E-state index in [9.17, 15) is 4.79 Å². The van der Waals surface area contributed by atoms with Crippen molar-refractivity contribution in [2.45, 2.75) is 31.1 Å². The molecule has 0 unspecified atom stereocenters. The van der Waals surface area contributed by atoms with Crippen molar-refractivity contribution in [2.75, 3.05) is 25.2 Å². The number of hydrogen-bond acceptors (Lipinski definition) is 6. The van der Waals surface area contributed by atoms with Crippen molar-refractivity contribution in [3.63, 3.8) is 0 Å². The zero-order valence-electron chi connectivity index (χ0n) is 17.2. The lowest BCUT2D eigenvalue weighted by atomic mass is 10.2. The average Bonchev–Trinajstić information content (AvgIpc) is 3.11. The molecule has 3 rings (SSSR count). The van der Waals surface area contributed by atoms with E-state index in [1.165, 1.54) is 11.8 Å². The second kappa shape index (κ2) is 10.6. The van der Waals surface area contributed by atoms with Crippen molar-refractivity contribution in [2.24, 2.45) is 0 Å². The van der Waals surface area contributed by atoms with Gasteiger partial charge >= 0.3 is 0 Å². The summed E-state index contributed by atoms with van der Waals surface area (Å²) in [6, 6.07) is 13.8. The number of anilines is 1. The summed E-state index contributed by atoms with van der Waals surface area (Å²) < 4.78 is 2.10. The molecule has 0 saturated carbocycles. The summed E-state index contributed by atoms with van der Waals surface area (Å²) in [7, 11) is 4.07. The molecule has 7 nitrogen and oxygen atoms in total. The predicted molar refractivity (Wildman–Crippen MR) is 121 cm³/mol. The minimum atomic E-state index is -0.176. The van der Waals surface area contributed by atoms with Gasteiger partial charge in [0.15, 0.2) is 16.1 Å². The molecule has 2 heterocycles. The molecule has 9 heteroatoms. The van der Waals surface area contributed by atoms with Crippen LogP contribution in [0.15, 0.2) is 53.8 Å². The molecule has 0 spiro atoms. The van der Waals surface area contributed by atoms with E-state index in [-0.39, 0.29) is 22.9 Å². The van der Waals surface area contributed by atoms with E-state index in [1.807, 2.05) is 32.3 Å². The van der Waals surface area contributed by atoms with Crippen LogP contribution in [0.2, 0.25) is 5.15 Å². The van der Waals surface area contributed by atoms with Gasteiger partial charge < -0.3 is 9.88 Å². The molecule has 2 aromatic heterocycles. The van der Waals surface area contributed by atoms with Gasteiger partial charge in [-0.3, -0.25) is 9.69 Å². The van der Waals surface area contributed by atoms with E-state index < -0.39 is 0 Å². The van der Waals surface area contributed by atoms with Crippen LogP contribution in [0.1, 0.15) is 30.8 Å². The van der Waals surface area contributed by atoms with Gasteiger partial charge in [-0.15, -0.1) is 10.2 Å². The van der Waals surface area contributed by atoms with Gasteiger partial charge in [-0.25, -0.2) is 4.98 Å². The monoisotopic (exact) mass is 444 g/mol. The Kier molecular flexibility index (Phi) is 7.84. The Morgan fingerprint density at radius 3 is 2.63 bits per heavy atom. The molecule has 0 bridgehead atoms. The molecule has 0 radical (unpaired) electrons. The maximum Gasteiger partial charge on any atom is 0.234 e. The number of pyridine rings is 1. The number of halogens is 1. The zero-order valence-corrected chi connectivity index (χ0v) is 18.8. The van der Waals surface area contributed by atoms with Crippen molar-refractivity contribution in [3.8, 4) is 0 Å². The molecule has 0 aliphatic heterocycles. The smallest absolute Gasteiger partial charge is 0.234 e. The Balaban J connectivity index is 1.78. The van der Waals surface area contributed by atoms with Crippen LogP contribution >= 0.6 is 23.4 Å². The molecule has 0 aliphatic carbocycles. The Labute approximate surface area is 185 Å². The third-order valence-corrected chi connectivity index (χ3v) is 5.87. The SMILES string of the molecule is CC[C@@H](c1nnc(SCC(=O)Nc2cccnc2Cl)n1Cc1ccccc1)N(C)C. The highest BCUT2D eigenvalue weighted by Crippen LogP contribution is 2.26. The Morgan fingerprint density at radius 1 is 1.20 bits per heavy atom. The Morgan fingerprint density at radius 2 is 1.97 bits per heavy atom. The fourth-order valence-electron chi connectivity index (χ4n) is 3.14. The molecule has 1 N–H and O–H groups in total. The number of amides is 1. The van der Waals surface area contributed by atoms with Gasteiger partial charge in [-0.05, 0) is 38.2 Å². The fraction of sp³-hybridized carbons (Fsp3) is 0.333.